The van der Waals surface area contributed by atoms with Crippen molar-refractivity contribution >= 4 is 22.7 Å². The third-order valence-electron chi connectivity index (χ3n) is 5.92. The number of rotatable bonds is 11. The zero-order chi connectivity index (χ0) is 24.0. The van der Waals surface area contributed by atoms with E-state index in [0.717, 1.165) is 25.9 Å². The number of methoxy groups -OCH3 is 1. The molecule has 0 aliphatic heterocycles. The molecule has 176 valence electrons. The Morgan fingerprint density at radius 2 is 1.67 bits per heavy atom. The fourth-order valence-corrected chi connectivity index (χ4v) is 3.99. The van der Waals surface area contributed by atoms with E-state index in [0.29, 0.717) is 45.6 Å². The number of nitrogens with zero attached hydrogens (tertiary/aromatic N) is 1. The summed E-state index contributed by atoms with van der Waals surface area (Å²) in [5.74, 6) is 0.775. The Hall–Kier alpha value is -3.12. The molecule has 1 heterocycles. The molecule has 0 spiro atoms. The number of furan rings is 1. The summed E-state index contributed by atoms with van der Waals surface area (Å²) < 4.78 is 16.9. The maximum Gasteiger partial charge on any atom is 0.337 e. The van der Waals surface area contributed by atoms with Crippen LogP contribution in [0.1, 0.15) is 72.6 Å². The maximum atomic E-state index is 13.6. The highest BCUT2D eigenvalue weighted by Crippen LogP contribution is 2.31. The fraction of sp³-hybridized carbons (Fsp3) is 0.407. The molecule has 0 aliphatic carbocycles. The van der Waals surface area contributed by atoms with Crippen LogP contribution in [0.3, 0.4) is 0 Å². The first-order chi connectivity index (χ1) is 15.9. The molecule has 0 saturated carbocycles. The number of carbonyl (C=O) groups is 2. The van der Waals surface area contributed by atoms with Gasteiger partial charge in [-0.3, -0.25) is 9.69 Å². The number of ether oxygens (including phenoxy) is 2. The highest BCUT2D eigenvalue weighted by atomic mass is 16.5. The van der Waals surface area contributed by atoms with Gasteiger partial charge in [-0.05, 0) is 68.9 Å². The second kappa shape index (κ2) is 11.1. The summed E-state index contributed by atoms with van der Waals surface area (Å²) in [5.41, 5.74) is 2.03. The molecule has 2 aromatic carbocycles. The number of aryl methyl sites for hydroxylation is 1. The summed E-state index contributed by atoms with van der Waals surface area (Å²) in [5, 5.41) is 0.629. The third-order valence-corrected chi connectivity index (χ3v) is 5.92. The monoisotopic (exact) mass is 451 g/mol. The van der Waals surface area contributed by atoms with Gasteiger partial charge in [0.15, 0.2) is 5.78 Å². The first kappa shape index (κ1) is 24.5. The van der Waals surface area contributed by atoms with Crippen LogP contribution in [-0.4, -0.2) is 43.1 Å². The minimum Gasteiger partial charge on any atom is -0.475 e. The number of hydrogen-bond donors (Lipinski definition) is 0. The fourth-order valence-electron chi connectivity index (χ4n) is 3.99. The first-order valence-electron chi connectivity index (χ1n) is 11.6. The molecule has 6 heteroatoms. The van der Waals surface area contributed by atoms with Crippen molar-refractivity contribution in [3.63, 3.8) is 0 Å². The van der Waals surface area contributed by atoms with Crippen LogP contribution in [0.5, 0.6) is 5.75 Å². The molecule has 0 bridgehead atoms. The van der Waals surface area contributed by atoms with Crippen molar-refractivity contribution < 1.29 is 23.5 Å². The molecule has 1 aromatic heterocycles. The number of carbonyl (C=O) groups excluding carboxylic acids is 2. The van der Waals surface area contributed by atoms with Gasteiger partial charge in [0.2, 0.25) is 0 Å². The van der Waals surface area contributed by atoms with E-state index < -0.39 is 5.97 Å². The lowest BCUT2D eigenvalue weighted by Gasteiger charge is -2.26. The average Bonchev–Trinajstić information content (AvgIpc) is 3.20. The molecule has 0 N–H and O–H groups in total. The van der Waals surface area contributed by atoms with Crippen LogP contribution in [0.15, 0.2) is 46.9 Å². The van der Waals surface area contributed by atoms with Gasteiger partial charge in [0, 0.05) is 17.4 Å². The smallest absolute Gasteiger partial charge is 0.337 e. The highest BCUT2D eigenvalue weighted by molar-refractivity contribution is 6.17. The van der Waals surface area contributed by atoms with E-state index in [1.54, 1.807) is 30.3 Å². The number of benzene rings is 2. The molecule has 0 radical (unpaired) electrons. The SMILES string of the molecule is CCCCc1oc2ccc(C(=O)OC)cc2c1C(=O)c1ccc(OC(C)N(CC)CC)cc1. The van der Waals surface area contributed by atoms with Gasteiger partial charge in [0.05, 0.1) is 18.2 Å². The number of unbranched alkanes of at least 4 members (excludes halogenated alkanes) is 1. The number of ketones is 1. The van der Waals surface area contributed by atoms with E-state index in [2.05, 4.69) is 25.7 Å². The molecule has 1 atom stereocenters. The lowest BCUT2D eigenvalue weighted by molar-refractivity contribution is 0.0480. The van der Waals surface area contributed by atoms with E-state index in [9.17, 15) is 9.59 Å². The van der Waals surface area contributed by atoms with Gasteiger partial charge in [0.25, 0.3) is 0 Å². The van der Waals surface area contributed by atoms with Crippen molar-refractivity contribution in [1.82, 2.24) is 4.90 Å². The zero-order valence-corrected chi connectivity index (χ0v) is 20.1. The molecule has 3 rings (SSSR count). The Morgan fingerprint density at radius 1 is 1.00 bits per heavy atom. The van der Waals surface area contributed by atoms with Crippen LogP contribution in [0.4, 0.5) is 0 Å². The Bertz CT molecular complexity index is 1100. The van der Waals surface area contributed by atoms with E-state index in [1.807, 2.05) is 19.1 Å². The molecule has 33 heavy (non-hydrogen) atoms. The van der Waals surface area contributed by atoms with Gasteiger partial charge < -0.3 is 13.9 Å². The predicted octanol–water partition coefficient (Wildman–Crippen LogP) is 5.86. The average molecular weight is 452 g/mol. The zero-order valence-electron chi connectivity index (χ0n) is 20.1. The van der Waals surface area contributed by atoms with E-state index in [1.165, 1.54) is 7.11 Å². The predicted molar refractivity (Wildman–Crippen MR) is 129 cm³/mol. The third kappa shape index (κ3) is 5.45. The minimum atomic E-state index is -0.449. The minimum absolute atomic E-state index is 0.0586. The van der Waals surface area contributed by atoms with Crippen molar-refractivity contribution in [1.29, 1.82) is 0 Å². The summed E-state index contributed by atoms with van der Waals surface area (Å²) in [6.07, 6.45) is 2.48. The second-order valence-corrected chi connectivity index (χ2v) is 8.00. The van der Waals surface area contributed by atoms with Crippen molar-refractivity contribution in [2.75, 3.05) is 20.2 Å². The van der Waals surface area contributed by atoms with Gasteiger partial charge in [-0.2, -0.15) is 0 Å². The summed E-state index contributed by atoms with van der Waals surface area (Å²) in [6.45, 7) is 10.1. The standard InChI is InChI=1S/C27H33NO5/c1-6-9-10-24-25(22-17-20(27(30)31-5)13-16-23(22)33-24)26(29)19-11-14-21(15-12-19)32-18(4)28(7-2)8-3/h11-18H,6-10H2,1-5H3. The lowest BCUT2D eigenvalue weighted by Crippen LogP contribution is -2.36. The topological polar surface area (TPSA) is 69.0 Å². The maximum absolute atomic E-state index is 13.6. The lowest BCUT2D eigenvalue weighted by atomic mass is 9.97. The summed E-state index contributed by atoms with van der Waals surface area (Å²) in [7, 11) is 1.34. The van der Waals surface area contributed by atoms with Gasteiger partial charge in [-0.1, -0.05) is 27.2 Å². The number of hydrogen-bond acceptors (Lipinski definition) is 6. The van der Waals surface area contributed by atoms with Crippen molar-refractivity contribution in [3.05, 3.63) is 64.9 Å². The molecular weight excluding hydrogens is 418 g/mol. The van der Waals surface area contributed by atoms with Gasteiger partial charge in [-0.15, -0.1) is 0 Å². The van der Waals surface area contributed by atoms with Gasteiger partial charge in [-0.25, -0.2) is 4.79 Å². The summed E-state index contributed by atoms with van der Waals surface area (Å²) in [6, 6.07) is 12.2. The Kier molecular flexibility index (Phi) is 8.28. The number of fused-ring (bicyclic) bond motifs is 1. The Labute approximate surface area is 195 Å². The van der Waals surface area contributed by atoms with Crippen LogP contribution in [-0.2, 0) is 11.2 Å². The normalized spacial score (nSPS) is 12.2. The van der Waals surface area contributed by atoms with Gasteiger partial charge >= 0.3 is 5.97 Å². The summed E-state index contributed by atoms with van der Waals surface area (Å²) >= 11 is 0. The van der Waals surface area contributed by atoms with E-state index in [-0.39, 0.29) is 12.0 Å². The highest BCUT2D eigenvalue weighted by Gasteiger charge is 2.23. The molecule has 0 saturated heterocycles. The molecular formula is C27H33NO5. The van der Waals surface area contributed by atoms with Crippen LogP contribution < -0.4 is 4.74 Å². The largest absolute Gasteiger partial charge is 0.475 e. The van der Waals surface area contributed by atoms with Crippen LogP contribution in [0.25, 0.3) is 11.0 Å². The molecule has 3 aromatic rings. The molecule has 0 fully saturated rings. The molecule has 6 nitrogen and oxygen atoms in total. The van der Waals surface area contributed by atoms with E-state index >= 15 is 0 Å². The molecule has 1 unspecified atom stereocenters. The van der Waals surface area contributed by atoms with Crippen LogP contribution >= 0.6 is 0 Å². The Morgan fingerprint density at radius 3 is 2.27 bits per heavy atom. The van der Waals surface area contributed by atoms with Crippen LogP contribution in [0.2, 0.25) is 0 Å². The Balaban J connectivity index is 1.95. The van der Waals surface area contributed by atoms with Crippen molar-refractivity contribution in [2.45, 2.75) is 53.2 Å². The second-order valence-electron chi connectivity index (χ2n) is 8.00. The van der Waals surface area contributed by atoms with Gasteiger partial charge in [0.1, 0.15) is 23.3 Å². The van der Waals surface area contributed by atoms with Crippen molar-refractivity contribution in [3.8, 4) is 5.75 Å². The van der Waals surface area contributed by atoms with Crippen LogP contribution in [0, 0.1) is 0 Å². The summed E-state index contributed by atoms with van der Waals surface area (Å²) in [4.78, 5) is 27.8. The number of esters is 1. The first-order valence-corrected chi connectivity index (χ1v) is 11.6. The van der Waals surface area contributed by atoms with Crippen molar-refractivity contribution in [2.24, 2.45) is 0 Å². The quantitative estimate of drug-likeness (QED) is 0.207. The van der Waals surface area contributed by atoms with E-state index in [4.69, 9.17) is 13.9 Å². The molecule has 0 amide bonds. The molecule has 0 aliphatic rings.